The summed E-state index contributed by atoms with van der Waals surface area (Å²) in [6, 6.07) is 0. The molecule has 2 atom stereocenters. The van der Waals surface area contributed by atoms with Gasteiger partial charge in [0.1, 0.15) is 5.60 Å². The average molecular weight is 140 g/mol. The second-order valence-electron chi connectivity index (χ2n) is 3.48. The van der Waals surface area contributed by atoms with E-state index in [-0.39, 0.29) is 5.78 Å². The molecule has 2 aliphatic carbocycles. The van der Waals surface area contributed by atoms with Gasteiger partial charge in [-0.25, -0.2) is 0 Å². The van der Waals surface area contributed by atoms with Gasteiger partial charge in [-0.15, -0.1) is 0 Å². The van der Waals surface area contributed by atoms with Crippen molar-refractivity contribution in [2.24, 2.45) is 5.92 Å². The highest BCUT2D eigenvalue weighted by Gasteiger charge is 2.50. The van der Waals surface area contributed by atoms with Crippen LogP contribution in [0.3, 0.4) is 0 Å². The minimum atomic E-state index is -0.875. The molecule has 0 aromatic heterocycles. The molecule has 0 saturated heterocycles. The van der Waals surface area contributed by atoms with Gasteiger partial charge in [0.2, 0.25) is 0 Å². The van der Waals surface area contributed by atoms with E-state index in [1.54, 1.807) is 0 Å². The summed E-state index contributed by atoms with van der Waals surface area (Å²) in [7, 11) is 0. The Labute approximate surface area is 60.2 Å². The molecule has 0 unspecified atom stereocenters. The van der Waals surface area contributed by atoms with Gasteiger partial charge in [-0.2, -0.15) is 0 Å². The Hall–Kier alpha value is -0.370. The average Bonchev–Trinajstić information content (AvgIpc) is 2.36. The van der Waals surface area contributed by atoms with Crippen molar-refractivity contribution in [1.82, 2.24) is 0 Å². The summed E-state index contributed by atoms with van der Waals surface area (Å²) in [5.41, 5.74) is -0.875. The molecule has 2 saturated carbocycles. The Morgan fingerprint density at radius 2 is 2.30 bits per heavy atom. The molecule has 0 amide bonds. The molecule has 0 aromatic carbocycles. The number of rotatable bonds is 0. The molecular formula is C8H12O2. The summed E-state index contributed by atoms with van der Waals surface area (Å²) >= 11 is 0. The molecule has 2 aliphatic rings. The van der Waals surface area contributed by atoms with Gasteiger partial charge in [-0.1, -0.05) is 0 Å². The van der Waals surface area contributed by atoms with Crippen LogP contribution in [0, 0.1) is 5.92 Å². The standard InChI is InChI=1S/C8H12O2/c9-7-4-3-6-2-1-5-8(6,7)10/h6,10H,1-5H2/t6-,8-/m1/s1. The minimum Gasteiger partial charge on any atom is -0.382 e. The van der Waals surface area contributed by atoms with Crippen molar-refractivity contribution >= 4 is 5.78 Å². The monoisotopic (exact) mass is 140 g/mol. The third-order valence-electron chi connectivity index (χ3n) is 2.99. The van der Waals surface area contributed by atoms with E-state index >= 15 is 0 Å². The zero-order valence-electron chi connectivity index (χ0n) is 5.97. The van der Waals surface area contributed by atoms with Gasteiger partial charge >= 0.3 is 0 Å². The number of fused-ring (bicyclic) bond motifs is 1. The number of Topliss-reactive ketones (excluding diaryl/α,β-unsaturated/α-hetero) is 1. The zero-order chi connectivity index (χ0) is 7.19. The van der Waals surface area contributed by atoms with Crippen LogP contribution in [0.15, 0.2) is 0 Å². The van der Waals surface area contributed by atoms with Crippen molar-refractivity contribution in [2.75, 3.05) is 0 Å². The normalized spacial score (nSPS) is 46.1. The third-order valence-corrected chi connectivity index (χ3v) is 2.99. The van der Waals surface area contributed by atoms with Crippen molar-refractivity contribution in [3.63, 3.8) is 0 Å². The van der Waals surface area contributed by atoms with Gasteiger partial charge in [0, 0.05) is 6.42 Å². The van der Waals surface area contributed by atoms with Crippen LogP contribution in [-0.2, 0) is 4.79 Å². The first kappa shape index (κ1) is 6.35. The highest BCUT2D eigenvalue weighted by molar-refractivity contribution is 5.89. The second kappa shape index (κ2) is 1.82. The topological polar surface area (TPSA) is 37.3 Å². The lowest BCUT2D eigenvalue weighted by atomic mass is 9.94. The maximum absolute atomic E-state index is 11.1. The van der Waals surface area contributed by atoms with E-state index < -0.39 is 5.60 Å². The number of aliphatic hydroxyl groups is 1. The van der Waals surface area contributed by atoms with Gasteiger partial charge in [0.25, 0.3) is 0 Å². The summed E-state index contributed by atoms with van der Waals surface area (Å²) in [5.74, 6) is 0.398. The molecule has 0 heterocycles. The summed E-state index contributed by atoms with van der Waals surface area (Å²) in [6.07, 6.45) is 4.35. The van der Waals surface area contributed by atoms with Crippen molar-refractivity contribution < 1.29 is 9.90 Å². The largest absolute Gasteiger partial charge is 0.382 e. The molecule has 0 spiro atoms. The lowest BCUT2D eigenvalue weighted by Crippen LogP contribution is -2.35. The molecule has 2 nitrogen and oxygen atoms in total. The lowest BCUT2D eigenvalue weighted by Gasteiger charge is -2.19. The molecule has 56 valence electrons. The Kier molecular flexibility index (Phi) is 1.15. The Bertz CT molecular complexity index is 176. The fourth-order valence-corrected chi connectivity index (χ4v) is 2.33. The molecular weight excluding hydrogens is 128 g/mol. The first-order chi connectivity index (χ1) is 4.73. The van der Waals surface area contributed by atoms with E-state index in [0.717, 1.165) is 25.7 Å². The first-order valence-corrected chi connectivity index (χ1v) is 3.99. The van der Waals surface area contributed by atoms with E-state index in [2.05, 4.69) is 0 Å². The Balaban J connectivity index is 2.30. The molecule has 0 aliphatic heterocycles. The Morgan fingerprint density at radius 1 is 1.50 bits per heavy atom. The van der Waals surface area contributed by atoms with E-state index in [1.165, 1.54) is 0 Å². The van der Waals surface area contributed by atoms with Gasteiger partial charge in [-0.3, -0.25) is 4.79 Å². The predicted molar refractivity (Wildman–Crippen MR) is 36.5 cm³/mol. The fourth-order valence-electron chi connectivity index (χ4n) is 2.33. The van der Waals surface area contributed by atoms with E-state index in [1.807, 2.05) is 0 Å². The van der Waals surface area contributed by atoms with Gasteiger partial charge in [0.05, 0.1) is 0 Å². The van der Waals surface area contributed by atoms with E-state index in [9.17, 15) is 9.90 Å². The second-order valence-corrected chi connectivity index (χ2v) is 3.48. The predicted octanol–water partition coefficient (Wildman–Crippen LogP) is 0.880. The van der Waals surface area contributed by atoms with Crippen molar-refractivity contribution in [3.8, 4) is 0 Å². The number of hydrogen-bond acceptors (Lipinski definition) is 2. The summed E-state index contributed by atoms with van der Waals surface area (Å²) in [4.78, 5) is 11.1. The summed E-state index contributed by atoms with van der Waals surface area (Å²) in [6.45, 7) is 0. The number of carbonyl (C=O) groups excluding carboxylic acids is 1. The van der Waals surface area contributed by atoms with E-state index in [0.29, 0.717) is 12.3 Å². The fraction of sp³-hybridized carbons (Fsp3) is 0.875. The highest BCUT2D eigenvalue weighted by Crippen LogP contribution is 2.44. The van der Waals surface area contributed by atoms with Crippen molar-refractivity contribution in [1.29, 1.82) is 0 Å². The van der Waals surface area contributed by atoms with Crippen LogP contribution in [-0.4, -0.2) is 16.5 Å². The lowest BCUT2D eigenvalue weighted by molar-refractivity contribution is -0.134. The van der Waals surface area contributed by atoms with Gasteiger partial charge in [-0.05, 0) is 31.6 Å². The molecule has 0 bridgehead atoms. The first-order valence-electron chi connectivity index (χ1n) is 3.99. The third kappa shape index (κ3) is 0.601. The minimum absolute atomic E-state index is 0.0926. The number of ketones is 1. The molecule has 1 N–H and O–H groups in total. The van der Waals surface area contributed by atoms with E-state index in [4.69, 9.17) is 0 Å². The van der Waals surface area contributed by atoms with Gasteiger partial charge < -0.3 is 5.11 Å². The van der Waals surface area contributed by atoms with Crippen LogP contribution >= 0.6 is 0 Å². The maximum atomic E-state index is 11.1. The molecule has 2 fully saturated rings. The smallest absolute Gasteiger partial charge is 0.164 e. The Morgan fingerprint density at radius 3 is 3.00 bits per heavy atom. The van der Waals surface area contributed by atoms with Crippen molar-refractivity contribution in [2.45, 2.75) is 37.7 Å². The molecule has 0 aromatic rings. The van der Waals surface area contributed by atoms with Gasteiger partial charge in [0.15, 0.2) is 5.78 Å². The zero-order valence-corrected chi connectivity index (χ0v) is 5.97. The summed E-state index contributed by atoms with van der Waals surface area (Å²) < 4.78 is 0. The number of carbonyl (C=O) groups is 1. The highest BCUT2D eigenvalue weighted by atomic mass is 16.3. The maximum Gasteiger partial charge on any atom is 0.164 e. The van der Waals surface area contributed by atoms with Crippen LogP contribution < -0.4 is 0 Å². The summed E-state index contributed by atoms with van der Waals surface area (Å²) in [5, 5.41) is 9.75. The quantitative estimate of drug-likeness (QED) is 0.542. The molecule has 0 radical (unpaired) electrons. The molecule has 2 rings (SSSR count). The molecule has 10 heavy (non-hydrogen) atoms. The van der Waals surface area contributed by atoms with Crippen LogP contribution in [0.25, 0.3) is 0 Å². The van der Waals surface area contributed by atoms with Crippen LogP contribution in [0.5, 0.6) is 0 Å². The van der Waals surface area contributed by atoms with Crippen LogP contribution in [0.4, 0.5) is 0 Å². The van der Waals surface area contributed by atoms with Crippen LogP contribution in [0.1, 0.15) is 32.1 Å². The van der Waals surface area contributed by atoms with Crippen LogP contribution in [0.2, 0.25) is 0 Å². The number of hydrogen-bond donors (Lipinski definition) is 1. The molecule has 2 heteroatoms. The SMILES string of the molecule is O=C1CC[C@H]2CCC[C@]12O. The van der Waals surface area contributed by atoms with Crippen molar-refractivity contribution in [3.05, 3.63) is 0 Å².